The molecule has 21 heavy (non-hydrogen) atoms. The molecule has 1 aromatic carbocycles. The van der Waals surface area contributed by atoms with E-state index in [4.69, 9.17) is 15.1 Å². The van der Waals surface area contributed by atoms with E-state index in [2.05, 4.69) is 24.8 Å². The summed E-state index contributed by atoms with van der Waals surface area (Å²) in [4.78, 5) is 12.7. The van der Waals surface area contributed by atoms with Crippen molar-refractivity contribution in [3.05, 3.63) is 29.8 Å². The highest BCUT2D eigenvalue weighted by Gasteiger charge is 2.10. The molecule has 0 aliphatic heterocycles. The Morgan fingerprint density at radius 1 is 1.33 bits per heavy atom. The number of rotatable bonds is 9. The summed E-state index contributed by atoms with van der Waals surface area (Å²) in [6.45, 7) is 6.21. The van der Waals surface area contributed by atoms with Crippen molar-refractivity contribution in [3.8, 4) is 11.8 Å². The molecule has 1 aromatic rings. The Kier molecular flexibility index (Phi) is 7.27. The molecule has 0 saturated heterocycles. The molecular weight excluding hydrogens is 268 g/mol. The van der Waals surface area contributed by atoms with Crippen molar-refractivity contribution in [2.24, 2.45) is 0 Å². The van der Waals surface area contributed by atoms with E-state index in [-0.39, 0.29) is 6.42 Å². The summed E-state index contributed by atoms with van der Waals surface area (Å²) in [6.07, 6.45) is 0.837. The van der Waals surface area contributed by atoms with Crippen LogP contribution in [-0.4, -0.2) is 41.7 Å². The first-order valence-electron chi connectivity index (χ1n) is 7.11. The molecule has 0 aliphatic rings. The Morgan fingerprint density at radius 3 is 2.52 bits per heavy atom. The maximum atomic E-state index is 10.5. The van der Waals surface area contributed by atoms with Crippen molar-refractivity contribution >= 4 is 5.97 Å². The van der Waals surface area contributed by atoms with Crippen LogP contribution in [-0.2, 0) is 4.79 Å². The van der Waals surface area contributed by atoms with E-state index in [1.165, 1.54) is 0 Å². The van der Waals surface area contributed by atoms with Crippen molar-refractivity contribution in [1.82, 2.24) is 4.90 Å². The van der Waals surface area contributed by atoms with Gasteiger partial charge in [0.1, 0.15) is 12.4 Å². The van der Waals surface area contributed by atoms with Gasteiger partial charge >= 0.3 is 5.97 Å². The summed E-state index contributed by atoms with van der Waals surface area (Å²) < 4.78 is 5.65. The molecular formula is C16H22N2O3. The molecule has 0 unspecified atom stereocenters. The second kappa shape index (κ2) is 8.98. The number of nitriles is 1. The van der Waals surface area contributed by atoms with Crippen LogP contribution in [0.15, 0.2) is 24.3 Å². The van der Waals surface area contributed by atoms with Gasteiger partial charge < -0.3 is 9.84 Å². The Labute approximate surface area is 125 Å². The molecule has 0 bridgehead atoms. The normalized spacial score (nSPS) is 10.6. The average molecular weight is 290 g/mol. The van der Waals surface area contributed by atoms with Crippen LogP contribution in [0.4, 0.5) is 0 Å². The van der Waals surface area contributed by atoms with Gasteiger partial charge in [-0.3, -0.25) is 9.69 Å². The van der Waals surface area contributed by atoms with E-state index in [1.807, 2.05) is 0 Å². The SMILES string of the molecule is CC(C)N(CCCC(=O)O)CCOc1ccc(C#N)cc1. The van der Waals surface area contributed by atoms with Crippen molar-refractivity contribution in [2.45, 2.75) is 32.7 Å². The number of hydrogen-bond donors (Lipinski definition) is 1. The lowest BCUT2D eigenvalue weighted by atomic mass is 10.2. The quantitative estimate of drug-likeness (QED) is 0.756. The van der Waals surface area contributed by atoms with E-state index >= 15 is 0 Å². The molecule has 0 spiro atoms. The molecule has 0 aromatic heterocycles. The lowest BCUT2D eigenvalue weighted by Crippen LogP contribution is -2.35. The molecule has 1 N–H and O–H groups in total. The number of aliphatic carboxylic acids is 1. The van der Waals surface area contributed by atoms with Crippen LogP contribution in [0.1, 0.15) is 32.3 Å². The van der Waals surface area contributed by atoms with Gasteiger partial charge in [-0.15, -0.1) is 0 Å². The van der Waals surface area contributed by atoms with Gasteiger partial charge in [-0.25, -0.2) is 0 Å². The van der Waals surface area contributed by atoms with Crippen molar-refractivity contribution in [3.63, 3.8) is 0 Å². The summed E-state index contributed by atoms with van der Waals surface area (Å²) in [6, 6.07) is 9.42. The fraction of sp³-hybridized carbons (Fsp3) is 0.500. The Balaban J connectivity index is 2.35. The Hall–Kier alpha value is -2.06. The van der Waals surface area contributed by atoms with Gasteiger partial charge in [0, 0.05) is 19.0 Å². The summed E-state index contributed by atoms with van der Waals surface area (Å²) in [5, 5.41) is 17.4. The Morgan fingerprint density at radius 2 is 2.00 bits per heavy atom. The first-order valence-corrected chi connectivity index (χ1v) is 7.11. The van der Waals surface area contributed by atoms with E-state index in [9.17, 15) is 4.79 Å². The molecule has 0 heterocycles. The highest BCUT2D eigenvalue weighted by molar-refractivity contribution is 5.66. The largest absolute Gasteiger partial charge is 0.492 e. The molecule has 0 radical (unpaired) electrons. The number of carboxylic acid groups (broad SMARTS) is 1. The predicted molar refractivity (Wildman–Crippen MR) is 80.2 cm³/mol. The van der Waals surface area contributed by atoms with Crippen molar-refractivity contribution < 1.29 is 14.6 Å². The Bertz CT molecular complexity index is 477. The average Bonchev–Trinajstić information content (AvgIpc) is 2.45. The summed E-state index contributed by atoms with van der Waals surface area (Å²) in [5.41, 5.74) is 0.611. The molecule has 5 nitrogen and oxygen atoms in total. The first-order chi connectivity index (χ1) is 10.0. The molecule has 5 heteroatoms. The van der Waals surface area contributed by atoms with Gasteiger partial charge in [0.2, 0.25) is 0 Å². The molecule has 0 aliphatic carbocycles. The third kappa shape index (κ3) is 6.77. The summed E-state index contributed by atoms with van der Waals surface area (Å²) in [5.74, 6) is -0.0178. The molecule has 0 amide bonds. The number of carboxylic acids is 1. The van der Waals surface area contributed by atoms with Crippen LogP contribution in [0.25, 0.3) is 0 Å². The minimum absolute atomic E-state index is 0.194. The molecule has 0 saturated carbocycles. The van der Waals surface area contributed by atoms with Crippen LogP contribution in [0.3, 0.4) is 0 Å². The standard InChI is InChI=1S/C16H22N2O3/c1-13(2)18(9-3-4-16(19)20)10-11-21-15-7-5-14(12-17)6-8-15/h5-8,13H,3-4,9-11H2,1-2H3,(H,19,20). The number of ether oxygens (including phenoxy) is 1. The van der Waals surface area contributed by atoms with Gasteiger partial charge in [0.25, 0.3) is 0 Å². The fourth-order valence-electron chi connectivity index (χ4n) is 1.97. The van der Waals surface area contributed by atoms with Crippen molar-refractivity contribution in [1.29, 1.82) is 5.26 Å². The maximum Gasteiger partial charge on any atom is 0.303 e. The van der Waals surface area contributed by atoms with E-state index in [1.54, 1.807) is 24.3 Å². The van der Waals surface area contributed by atoms with E-state index in [0.717, 1.165) is 18.8 Å². The zero-order valence-corrected chi connectivity index (χ0v) is 12.6. The summed E-state index contributed by atoms with van der Waals surface area (Å²) in [7, 11) is 0. The first kappa shape index (κ1) is 17.0. The van der Waals surface area contributed by atoms with Crippen LogP contribution in [0.2, 0.25) is 0 Å². The zero-order valence-electron chi connectivity index (χ0n) is 12.6. The minimum Gasteiger partial charge on any atom is -0.492 e. The zero-order chi connectivity index (χ0) is 15.7. The summed E-state index contributed by atoms with van der Waals surface area (Å²) >= 11 is 0. The number of benzene rings is 1. The van der Waals surface area contributed by atoms with Crippen LogP contribution in [0, 0.1) is 11.3 Å². The maximum absolute atomic E-state index is 10.5. The van der Waals surface area contributed by atoms with Crippen LogP contribution >= 0.6 is 0 Å². The smallest absolute Gasteiger partial charge is 0.303 e. The highest BCUT2D eigenvalue weighted by Crippen LogP contribution is 2.11. The number of hydrogen-bond acceptors (Lipinski definition) is 4. The van der Waals surface area contributed by atoms with Crippen LogP contribution in [0.5, 0.6) is 5.75 Å². The van der Waals surface area contributed by atoms with Crippen LogP contribution < -0.4 is 4.74 Å². The van der Waals surface area contributed by atoms with Gasteiger partial charge in [0.05, 0.1) is 11.6 Å². The van der Waals surface area contributed by atoms with E-state index in [0.29, 0.717) is 24.6 Å². The van der Waals surface area contributed by atoms with Gasteiger partial charge in [-0.2, -0.15) is 5.26 Å². The van der Waals surface area contributed by atoms with Gasteiger partial charge in [-0.05, 0) is 51.1 Å². The second-order valence-electron chi connectivity index (χ2n) is 5.11. The second-order valence-corrected chi connectivity index (χ2v) is 5.11. The molecule has 0 fully saturated rings. The highest BCUT2D eigenvalue weighted by atomic mass is 16.5. The number of nitrogens with zero attached hydrogens (tertiary/aromatic N) is 2. The lowest BCUT2D eigenvalue weighted by molar-refractivity contribution is -0.137. The predicted octanol–water partition coefficient (Wildman–Crippen LogP) is 2.51. The van der Waals surface area contributed by atoms with Gasteiger partial charge in [0.15, 0.2) is 0 Å². The van der Waals surface area contributed by atoms with Gasteiger partial charge in [-0.1, -0.05) is 0 Å². The molecule has 1 rings (SSSR count). The molecule has 0 atom stereocenters. The minimum atomic E-state index is -0.757. The number of carbonyl (C=O) groups is 1. The third-order valence-electron chi connectivity index (χ3n) is 3.20. The van der Waals surface area contributed by atoms with Crippen molar-refractivity contribution in [2.75, 3.05) is 19.7 Å². The van der Waals surface area contributed by atoms with E-state index < -0.39 is 5.97 Å². The fourth-order valence-corrected chi connectivity index (χ4v) is 1.97. The third-order valence-corrected chi connectivity index (χ3v) is 3.20. The lowest BCUT2D eigenvalue weighted by Gasteiger charge is -2.26. The topological polar surface area (TPSA) is 73.6 Å². The monoisotopic (exact) mass is 290 g/mol. The molecule has 114 valence electrons.